The summed E-state index contributed by atoms with van der Waals surface area (Å²) in [5, 5.41) is 12.0. The lowest BCUT2D eigenvalue weighted by atomic mass is 10.1. The molecule has 0 radical (unpaired) electrons. The molecule has 4 heteroatoms. The average molecular weight is 273 g/mol. The third-order valence-corrected chi connectivity index (χ3v) is 2.77. The Balaban J connectivity index is 2.53. The van der Waals surface area contributed by atoms with Gasteiger partial charge in [0, 0.05) is 17.6 Å². The quantitative estimate of drug-likeness (QED) is 0.722. The first-order valence-corrected chi connectivity index (χ1v) is 5.82. The lowest BCUT2D eigenvalue weighted by Gasteiger charge is -2.14. The fourth-order valence-electron chi connectivity index (χ4n) is 1.29. The number of anilines is 2. The summed E-state index contributed by atoms with van der Waals surface area (Å²) in [7, 11) is 0. The van der Waals surface area contributed by atoms with Crippen LogP contribution in [-0.4, -0.2) is 18.3 Å². The SMILES string of the molecule is CC(CCO)CNc1cc(Br)ccc1N. The summed E-state index contributed by atoms with van der Waals surface area (Å²) in [6.07, 6.45) is 0.806. The maximum atomic E-state index is 8.77. The van der Waals surface area contributed by atoms with E-state index in [0.717, 1.165) is 28.8 Å². The van der Waals surface area contributed by atoms with Crippen molar-refractivity contribution in [1.29, 1.82) is 0 Å². The van der Waals surface area contributed by atoms with Crippen molar-refractivity contribution in [1.82, 2.24) is 0 Å². The molecule has 0 saturated heterocycles. The molecule has 0 heterocycles. The molecule has 0 aromatic heterocycles. The van der Waals surface area contributed by atoms with Crippen LogP contribution >= 0.6 is 15.9 Å². The van der Waals surface area contributed by atoms with Crippen LogP contribution in [0.5, 0.6) is 0 Å². The highest BCUT2D eigenvalue weighted by molar-refractivity contribution is 9.10. The van der Waals surface area contributed by atoms with Crippen molar-refractivity contribution in [3.05, 3.63) is 22.7 Å². The predicted octanol–water partition coefficient (Wildman–Crippen LogP) is 2.46. The van der Waals surface area contributed by atoms with E-state index in [1.54, 1.807) is 0 Å². The molecule has 1 unspecified atom stereocenters. The number of nitrogen functional groups attached to an aromatic ring is 1. The molecule has 0 aliphatic rings. The summed E-state index contributed by atoms with van der Waals surface area (Å²) < 4.78 is 1.01. The Labute approximate surface area is 98.8 Å². The number of nitrogens with one attached hydrogen (secondary N) is 1. The van der Waals surface area contributed by atoms with Crippen LogP contribution in [-0.2, 0) is 0 Å². The third kappa shape index (κ3) is 4.10. The minimum Gasteiger partial charge on any atom is -0.397 e. The molecule has 1 aromatic carbocycles. The predicted molar refractivity (Wildman–Crippen MR) is 67.9 cm³/mol. The van der Waals surface area contributed by atoms with Crippen molar-refractivity contribution in [2.75, 3.05) is 24.2 Å². The van der Waals surface area contributed by atoms with Crippen molar-refractivity contribution in [3.63, 3.8) is 0 Å². The third-order valence-electron chi connectivity index (χ3n) is 2.28. The molecule has 0 saturated carbocycles. The maximum absolute atomic E-state index is 8.77. The molecule has 1 rings (SSSR count). The summed E-state index contributed by atoms with van der Waals surface area (Å²) >= 11 is 3.40. The molecule has 0 bridgehead atoms. The first kappa shape index (κ1) is 12.3. The standard InChI is InChI=1S/C11H17BrN2O/c1-8(4-5-15)7-14-11-6-9(12)2-3-10(11)13/h2-3,6,8,14-15H,4-5,7,13H2,1H3. The zero-order valence-corrected chi connectivity index (χ0v) is 10.4. The number of hydrogen-bond donors (Lipinski definition) is 3. The van der Waals surface area contributed by atoms with Crippen LogP contribution in [0.3, 0.4) is 0 Å². The van der Waals surface area contributed by atoms with Gasteiger partial charge in [-0.2, -0.15) is 0 Å². The van der Waals surface area contributed by atoms with Crippen LogP contribution in [0, 0.1) is 5.92 Å². The van der Waals surface area contributed by atoms with Crippen molar-refractivity contribution >= 4 is 27.3 Å². The maximum Gasteiger partial charge on any atom is 0.0585 e. The highest BCUT2D eigenvalue weighted by Crippen LogP contribution is 2.23. The van der Waals surface area contributed by atoms with Crippen LogP contribution in [0.25, 0.3) is 0 Å². The van der Waals surface area contributed by atoms with E-state index in [-0.39, 0.29) is 6.61 Å². The molecule has 0 fully saturated rings. The molecule has 3 nitrogen and oxygen atoms in total. The van der Waals surface area contributed by atoms with Crippen molar-refractivity contribution in [3.8, 4) is 0 Å². The van der Waals surface area contributed by atoms with E-state index in [1.165, 1.54) is 0 Å². The molecule has 1 aromatic rings. The first-order chi connectivity index (χ1) is 7.13. The van der Waals surface area contributed by atoms with Gasteiger partial charge in [0.25, 0.3) is 0 Å². The summed E-state index contributed by atoms with van der Waals surface area (Å²) in [6.45, 7) is 3.15. The molecule has 0 aliphatic heterocycles. The van der Waals surface area contributed by atoms with E-state index in [9.17, 15) is 0 Å². The summed E-state index contributed by atoms with van der Waals surface area (Å²) in [5.74, 6) is 0.438. The van der Waals surface area contributed by atoms with Gasteiger partial charge in [-0.25, -0.2) is 0 Å². The number of hydrogen-bond acceptors (Lipinski definition) is 3. The van der Waals surface area contributed by atoms with E-state index >= 15 is 0 Å². The highest BCUT2D eigenvalue weighted by atomic mass is 79.9. The summed E-state index contributed by atoms with van der Waals surface area (Å²) in [4.78, 5) is 0. The van der Waals surface area contributed by atoms with Gasteiger partial charge in [-0.1, -0.05) is 22.9 Å². The zero-order valence-electron chi connectivity index (χ0n) is 8.83. The van der Waals surface area contributed by atoms with Gasteiger partial charge in [0.2, 0.25) is 0 Å². The summed E-state index contributed by atoms with van der Waals surface area (Å²) in [6, 6.07) is 5.74. The average Bonchev–Trinajstić information content (AvgIpc) is 2.20. The molecule has 4 N–H and O–H groups in total. The Morgan fingerprint density at radius 2 is 2.27 bits per heavy atom. The van der Waals surface area contributed by atoms with Crippen LogP contribution in [0.4, 0.5) is 11.4 Å². The second-order valence-corrected chi connectivity index (χ2v) is 4.65. The van der Waals surface area contributed by atoms with Crippen LogP contribution in [0.15, 0.2) is 22.7 Å². The Morgan fingerprint density at radius 3 is 2.93 bits per heavy atom. The highest BCUT2D eigenvalue weighted by Gasteiger charge is 2.03. The molecule has 1 atom stereocenters. The molecular formula is C11H17BrN2O. The van der Waals surface area contributed by atoms with E-state index in [2.05, 4.69) is 28.2 Å². The Kier molecular flexibility index (Phi) is 4.91. The number of halogens is 1. The number of rotatable bonds is 5. The van der Waals surface area contributed by atoms with Crippen LogP contribution < -0.4 is 11.1 Å². The van der Waals surface area contributed by atoms with E-state index < -0.39 is 0 Å². The van der Waals surface area contributed by atoms with Gasteiger partial charge in [0.05, 0.1) is 11.4 Å². The number of nitrogens with two attached hydrogens (primary N) is 1. The van der Waals surface area contributed by atoms with Crippen molar-refractivity contribution in [2.24, 2.45) is 5.92 Å². The van der Waals surface area contributed by atoms with Crippen LogP contribution in [0.1, 0.15) is 13.3 Å². The molecule has 0 spiro atoms. The fourth-order valence-corrected chi connectivity index (χ4v) is 1.65. The largest absolute Gasteiger partial charge is 0.397 e. The number of aliphatic hydroxyl groups excluding tert-OH is 1. The van der Waals surface area contributed by atoms with Gasteiger partial charge in [0.15, 0.2) is 0 Å². The molecule has 84 valence electrons. The smallest absolute Gasteiger partial charge is 0.0585 e. The minimum atomic E-state index is 0.233. The van der Waals surface area contributed by atoms with Crippen molar-refractivity contribution < 1.29 is 5.11 Å². The van der Waals surface area contributed by atoms with Gasteiger partial charge >= 0.3 is 0 Å². The van der Waals surface area contributed by atoms with Crippen molar-refractivity contribution in [2.45, 2.75) is 13.3 Å². The second-order valence-electron chi connectivity index (χ2n) is 3.73. The van der Waals surface area contributed by atoms with Gasteiger partial charge in [-0.15, -0.1) is 0 Å². The number of aliphatic hydroxyl groups is 1. The minimum absolute atomic E-state index is 0.233. The number of benzene rings is 1. The second kappa shape index (κ2) is 5.98. The topological polar surface area (TPSA) is 58.3 Å². The van der Waals surface area contributed by atoms with Gasteiger partial charge in [0.1, 0.15) is 0 Å². The normalized spacial score (nSPS) is 12.5. The summed E-state index contributed by atoms with van der Waals surface area (Å²) in [5.41, 5.74) is 7.50. The molecule has 15 heavy (non-hydrogen) atoms. The molecule has 0 amide bonds. The lowest BCUT2D eigenvalue weighted by Crippen LogP contribution is -2.13. The molecular weight excluding hydrogens is 256 g/mol. The zero-order chi connectivity index (χ0) is 11.3. The molecule has 0 aliphatic carbocycles. The monoisotopic (exact) mass is 272 g/mol. The van der Waals surface area contributed by atoms with E-state index in [1.807, 2.05) is 18.2 Å². The van der Waals surface area contributed by atoms with E-state index in [0.29, 0.717) is 5.92 Å². The van der Waals surface area contributed by atoms with Gasteiger partial charge < -0.3 is 16.2 Å². The lowest BCUT2D eigenvalue weighted by molar-refractivity contribution is 0.266. The van der Waals surface area contributed by atoms with E-state index in [4.69, 9.17) is 10.8 Å². The van der Waals surface area contributed by atoms with Gasteiger partial charge in [-0.05, 0) is 30.5 Å². The Hall–Kier alpha value is -0.740. The van der Waals surface area contributed by atoms with Crippen LogP contribution in [0.2, 0.25) is 0 Å². The Bertz CT molecular complexity index is 317. The van der Waals surface area contributed by atoms with Gasteiger partial charge in [-0.3, -0.25) is 0 Å². The fraction of sp³-hybridized carbons (Fsp3) is 0.455. The first-order valence-electron chi connectivity index (χ1n) is 5.03. The Morgan fingerprint density at radius 1 is 1.53 bits per heavy atom.